The van der Waals surface area contributed by atoms with Crippen LogP contribution in [0.25, 0.3) is 11.1 Å². The zero-order chi connectivity index (χ0) is 14.0. The van der Waals surface area contributed by atoms with Crippen molar-refractivity contribution in [2.24, 2.45) is 0 Å². The second kappa shape index (κ2) is 5.85. The fourth-order valence-corrected chi connectivity index (χ4v) is 3.05. The van der Waals surface area contributed by atoms with Gasteiger partial charge < -0.3 is 5.73 Å². The minimum atomic E-state index is 0.715. The van der Waals surface area contributed by atoms with Gasteiger partial charge in [-0.2, -0.15) is 0 Å². The minimum absolute atomic E-state index is 0.715. The van der Waals surface area contributed by atoms with E-state index >= 15 is 0 Å². The molecule has 100 valence electrons. The largest absolute Gasteiger partial charge is 0.398 e. The number of nitrogens with two attached hydrogens (primary N) is 1. The molecule has 0 aromatic heterocycles. The number of anilines is 1. The van der Waals surface area contributed by atoms with Crippen LogP contribution in [0.5, 0.6) is 0 Å². The topological polar surface area (TPSA) is 26.0 Å². The van der Waals surface area contributed by atoms with Gasteiger partial charge in [-0.15, -0.1) is 0 Å². The molecule has 0 aliphatic carbocycles. The molecule has 2 aromatic rings. The Morgan fingerprint density at radius 1 is 0.947 bits per heavy atom. The minimum Gasteiger partial charge on any atom is -0.398 e. The van der Waals surface area contributed by atoms with E-state index in [0.29, 0.717) is 5.02 Å². The van der Waals surface area contributed by atoms with Crippen molar-refractivity contribution in [3.63, 3.8) is 0 Å². The summed E-state index contributed by atoms with van der Waals surface area (Å²) in [6.45, 7) is 4.19. The van der Waals surface area contributed by atoms with Gasteiger partial charge in [-0.1, -0.05) is 55.2 Å². The molecular formula is C16H17Cl2N. The van der Waals surface area contributed by atoms with Crippen molar-refractivity contribution >= 4 is 28.9 Å². The van der Waals surface area contributed by atoms with Crippen molar-refractivity contribution in [1.29, 1.82) is 0 Å². The van der Waals surface area contributed by atoms with Crippen LogP contribution in [-0.4, -0.2) is 0 Å². The van der Waals surface area contributed by atoms with Crippen LogP contribution in [0.4, 0.5) is 5.69 Å². The Kier molecular flexibility index (Phi) is 4.38. The van der Waals surface area contributed by atoms with E-state index < -0.39 is 0 Å². The molecule has 0 saturated heterocycles. The summed E-state index contributed by atoms with van der Waals surface area (Å²) in [7, 11) is 0. The fraction of sp³-hybridized carbons (Fsp3) is 0.250. The summed E-state index contributed by atoms with van der Waals surface area (Å²) in [6.07, 6.45) is 1.71. The van der Waals surface area contributed by atoms with Crippen molar-refractivity contribution < 1.29 is 0 Å². The SMILES string of the molecule is CCc1c(N)cc(Cl)c(CC)c1-c1ccccc1Cl. The third kappa shape index (κ3) is 2.58. The zero-order valence-electron chi connectivity index (χ0n) is 11.1. The van der Waals surface area contributed by atoms with Crippen LogP contribution in [0.3, 0.4) is 0 Å². The van der Waals surface area contributed by atoms with Crippen molar-refractivity contribution in [2.45, 2.75) is 26.7 Å². The van der Waals surface area contributed by atoms with E-state index in [1.807, 2.05) is 30.3 Å². The van der Waals surface area contributed by atoms with Crippen molar-refractivity contribution in [2.75, 3.05) is 5.73 Å². The first-order valence-corrected chi connectivity index (χ1v) is 7.20. The molecule has 0 bridgehead atoms. The molecule has 0 atom stereocenters. The summed E-state index contributed by atoms with van der Waals surface area (Å²) in [5, 5.41) is 1.45. The summed E-state index contributed by atoms with van der Waals surface area (Å²) >= 11 is 12.7. The van der Waals surface area contributed by atoms with Crippen LogP contribution >= 0.6 is 23.2 Å². The molecule has 0 saturated carbocycles. The first-order valence-electron chi connectivity index (χ1n) is 6.44. The van der Waals surface area contributed by atoms with Gasteiger partial charge in [-0.25, -0.2) is 0 Å². The third-order valence-corrected chi connectivity index (χ3v) is 4.04. The van der Waals surface area contributed by atoms with Crippen molar-refractivity contribution in [3.8, 4) is 11.1 Å². The van der Waals surface area contributed by atoms with Gasteiger partial charge in [-0.05, 0) is 41.7 Å². The van der Waals surface area contributed by atoms with Crippen molar-refractivity contribution in [3.05, 3.63) is 51.5 Å². The van der Waals surface area contributed by atoms with Gasteiger partial charge in [0.05, 0.1) is 0 Å². The molecule has 0 amide bonds. The Hall–Kier alpha value is -1.18. The Labute approximate surface area is 124 Å². The molecule has 2 aromatic carbocycles. The molecule has 0 heterocycles. The summed E-state index contributed by atoms with van der Waals surface area (Å²) in [6, 6.07) is 9.67. The van der Waals surface area contributed by atoms with Gasteiger partial charge in [0, 0.05) is 21.3 Å². The maximum atomic E-state index is 6.34. The van der Waals surface area contributed by atoms with Crippen molar-refractivity contribution in [1.82, 2.24) is 0 Å². The van der Waals surface area contributed by atoms with E-state index in [0.717, 1.165) is 45.8 Å². The molecule has 2 rings (SSSR count). The van der Waals surface area contributed by atoms with E-state index in [1.54, 1.807) is 0 Å². The average Bonchev–Trinajstić information content (AvgIpc) is 2.38. The van der Waals surface area contributed by atoms with Crippen LogP contribution in [0, 0.1) is 0 Å². The highest BCUT2D eigenvalue weighted by Gasteiger charge is 2.17. The molecule has 3 heteroatoms. The first-order chi connectivity index (χ1) is 9.10. The highest BCUT2D eigenvalue weighted by Crippen LogP contribution is 2.39. The lowest BCUT2D eigenvalue weighted by Crippen LogP contribution is -2.01. The number of benzene rings is 2. The fourth-order valence-electron chi connectivity index (χ4n) is 2.47. The number of halogens is 2. The zero-order valence-corrected chi connectivity index (χ0v) is 12.6. The normalized spacial score (nSPS) is 10.7. The number of hydrogen-bond donors (Lipinski definition) is 1. The Bertz CT molecular complexity index is 578. The number of hydrogen-bond acceptors (Lipinski definition) is 1. The lowest BCUT2D eigenvalue weighted by Gasteiger charge is -2.18. The van der Waals surface area contributed by atoms with E-state index in [9.17, 15) is 0 Å². The Balaban J connectivity index is 2.84. The van der Waals surface area contributed by atoms with Gasteiger partial charge in [-0.3, -0.25) is 0 Å². The highest BCUT2D eigenvalue weighted by atomic mass is 35.5. The number of nitrogen functional groups attached to an aromatic ring is 1. The monoisotopic (exact) mass is 293 g/mol. The molecule has 0 fully saturated rings. The molecule has 0 radical (unpaired) electrons. The van der Waals surface area contributed by atoms with Gasteiger partial charge in [0.1, 0.15) is 0 Å². The molecule has 0 unspecified atom stereocenters. The maximum absolute atomic E-state index is 6.34. The lowest BCUT2D eigenvalue weighted by molar-refractivity contribution is 1.09. The quantitative estimate of drug-likeness (QED) is 0.757. The molecule has 0 aliphatic rings. The average molecular weight is 294 g/mol. The van der Waals surface area contributed by atoms with Gasteiger partial charge in [0.2, 0.25) is 0 Å². The molecule has 0 spiro atoms. The summed E-state index contributed by atoms with van der Waals surface area (Å²) in [4.78, 5) is 0. The Morgan fingerprint density at radius 3 is 2.16 bits per heavy atom. The van der Waals surface area contributed by atoms with Gasteiger partial charge in [0.25, 0.3) is 0 Å². The van der Waals surface area contributed by atoms with E-state index in [-0.39, 0.29) is 0 Å². The maximum Gasteiger partial charge on any atom is 0.0484 e. The van der Waals surface area contributed by atoms with Crippen LogP contribution in [0.1, 0.15) is 25.0 Å². The van der Waals surface area contributed by atoms with Crippen LogP contribution in [0.2, 0.25) is 10.0 Å². The standard InChI is InChI=1S/C16H17Cl2N/c1-3-10-14(18)9-15(19)11(4-2)16(10)12-7-5-6-8-13(12)17/h5-9H,3-4,19H2,1-2H3. The molecular weight excluding hydrogens is 277 g/mol. The van der Waals surface area contributed by atoms with Crippen LogP contribution in [0.15, 0.2) is 30.3 Å². The van der Waals surface area contributed by atoms with Crippen LogP contribution < -0.4 is 5.73 Å². The Morgan fingerprint density at radius 2 is 1.58 bits per heavy atom. The van der Waals surface area contributed by atoms with Gasteiger partial charge in [0.15, 0.2) is 0 Å². The highest BCUT2D eigenvalue weighted by molar-refractivity contribution is 6.34. The van der Waals surface area contributed by atoms with Gasteiger partial charge >= 0.3 is 0 Å². The summed E-state index contributed by atoms with van der Waals surface area (Å²) in [5.74, 6) is 0. The smallest absolute Gasteiger partial charge is 0.0484 e. The predicted molar refractivity (Wildman–Crippen MR) is 85.1 cm³/mol. The second-order valence-electron chi connectivity index (χ2n) is 4.47. The molecule has 1 nitrogen and oxygen atoms in total. The van der Waals surface area contributed by atoms with E-state index in [1.165, 1.54) is 0 Å². The molecule has 2 N–H and O–H groups in total. The predicted octanol–water partition coefficient (Wildman–Crippen LogP) is 5.37. The third-order valence-electron chi connectivity index (χ3n) is 3.37. The van der Waals surface area contributed by atoms with E-state index in [2.05, 4.69) is 13.8 Å². The molecule has 19 heavy (non-hydrogen) atoms. The summed E-state index contributed by atoms with van der Waals surface area (Å²) < 4.78 is 0. The second-order valence-corrected chi connectivity index (χ2v) is 5.28. The summed E-state index contributed by atoms with van der Waals surface area (Å²) in [5.41, 5.74) is 11.2. The first kappa shape index (κ1) is 14.2. The lowest BCUT2D eigenvalue weighted by atomic mass is 9.90. The van der Waals surface area contributed by atoms with Crippen LogP contribution in [-0.2, 0) is 12.8 Å². The van der Waals surface area contributed by atoms with E-state index in [4.69, 9.17) is 28.9 Å². The molecule has 0 aliphatic heterocycles. The number of rotatable bonds is 3.